The molecule has 1 aromatic carbocycles. The largest absolute Gasteiger partial charge is 0.494 e. The minimum absolute atomic E-state index is 0.664. The summed E-state index contributed by atoms with van der Waals surface area (Å²) in [5, 5.41) is 3.43. The first-order chi connectivity index (χ1) is 8.22. The number of benzene rings is 1. The van der Waals surface area contributed by atoms with E-state index in [2.05, 4.69) is 35.1 Å². The van der Waals surface area contributed by atoms with Crippen LogP contribution in [0.2, 0.25) is 0 Å². The van der Waals surface area contributed by atoms with E-state index in [4.69, 9.17) is 4.74 Å². The number of halogens is 1. The fourth-order valence-corrected chi connectivity index (χ4v) is 1.80. The molecule has 3 heteroatoms. The summed E-state index contributed by atoms with van der Waals surface area (Å²) in [5.41, 5.74) is 0. The molecule has 0 amide bonds. The van der Waals surface area contributed by atoms with Gasteiger partial charge in [-0.3, -0.25) is 0 Å². The predicted molar refractivity (Wildman–Crippen MR) is 76.6 cm³/mol. The van der Waals surface area contributed by atoms with Crippen LogP contribution in [-0.4, -0.2) is 19.7 Å². The van der Waals surface area contributed by atoms with Crippen LogP contribution in [0, 0.1) is 5.92 Å². The molecule has 0 aliphatic rings. The molecular formula is C14H22BrNO. The van der Waals surface area contributed by atoms with Gasteiger partial charge in [-0.05, 0) is 56.1 Å². The van der Waals surface area contributed by atoms with Crippen molar-refractivity contribution in [2.75, 3.05) is 19.7 Å². The van der Waals surface area contributed by atoms with Gasteiger partial charge in [-0.25, -0.2) is 0 Å². The number of rotatable bonds is 8. The molecule has 0 aliphatic heterocycles. The second-order valence-electron chi connectivity index (χ2n) is 4.40. The van der Waals surface area contributed by atoms with Crippen LogP contribution >= 0.6 is 15.9 Å². The van der Waals surface area contributed by atoms with Gasteiger partial charge in [0, 0.05) is 4.47 Å². The van der Waals surface area contributed by atoms with Crippen molar-refractivity contribution >= 4 is 15.9 Å². The van der Waals surface area contributed by atoms with Gasteiger partial charge in [-0.1, -0.05) is 29.8 Å². The summed E-state index contributed by atoms with van der Waals surface area (Å²) in [6.45, 7) is 7.42. The number of hydrogen-bond acceptors (Lipinski definition) is 2. The maximum atomic E-state index is 5.69. The molecule has 1 atom stereocenters. The predicted octanol–water partition coefficient (Wildman–Crippen LogP) is 3.85. The van der Waals surface area contributed by atoms with Crippen molar-refractivity contribution in [3.05, 3.63) is 28.7 Å². The van der Waals surface area contributed by atoms with Gasteiger partial charge in [0.2, 0.25) is 0 Å². The Hall–Kier alpha value is -0.540. The van der Waals surface area contributed by atoms with Gasteiger partial charge in [0.05, 0.1) is 6.61 Å². The van der Waals surface area contributed by atoms with Gasteiger partial charge in [0.15, 0.2) is 0 Å². The number of hydrogen-bond donors (Lipinski definition) is 1. The number of ether oxygens (including phenoxy) is 1. The smallest absolute Gasteiger partial charge is 0.119 e. The van der Waals surface area contributed by atoms with Crippen LogP contribution in [0.5, 0.6) is 5.75 Å². The van der Waals surface area contributed by atoms with E-state index in [0.717, 1.165) is 36.3 Å². The Morgan fingerprint density at radius 3 is 2.65 bits per heavy atom. The van der Waals surface area contributed by atoms with Crippen LogP contribution in [0.3, 0.4) is 0 Å². The summed E-state index contributed by atoms with van der Waals surface area (Å²) < 4.78 is 6.77. The topological polar surface area (TPSA) is 21.3 Å². The quantitative estimate of drug-likeness (QED) is 0.736. The van der Waals surface area contributed by atoms with Gasteiger partial charge in [-0.2, -0.15) is 0 Å². The molecule has 0 saturated carbocycles. The maximum Gasteiger partial charge on any atom is 0.119 e. The van der Waals surface area contributed by atoms with E-state index < -0.39 is 0 Å². The molecule has 0 aliphatic carbocycles. The Labute approximate surface area is 113 Å². The third-order valence-corrected chi connectivity index (χ3v) is 3.14. The molecule has 17 heavy (non-hydrogen) atoms. The molecule has 0 heterocycles. The highest BCUT2D eigenvalue weighted by molar-refractivity contribution is 9.10. The third-order valence-electron chi connectivity index (χ3n) is 2.61. The Bertz CT molecular complexity index is 300. The van der Waals surface area contributed by atoms with Crippen molar-refractivity contribution in [3.8, 4) is 5.75 Å². The Kier molecular flexibility index (Phi) is 7.29. The minimum Gasteiger partial charge on any atom is -0.494 e. The highest BCUT2D eigenvalue weighted by Gasteiger charge is 2.01. The Morgan fingerprint density at radius 2 is 2.00 bits per heavy atom. The fourth-order valence-electron chi connectivity index (χ4n) is 1.54. The average Bonchev–Trinajstić information content (AvgIpc) is 2.32. The molecule has 2 nitrogen and oxygen atoms in total. The van der Waals surface area contributed by atoms with Crippen molar-refractivity contribution in [2.45, 2.75) is 26.7 Å². The summed E-state index contributed by atoms with van der Waals surface area (Å²) in [6, 6.07) is 7.98. The van der Waals surface area contributed by atoms with E-state index in [-0.39, 0.29) is 0 Å². The number of nitrogens with one attached hydrogen (secondary N) is 1. The summed E-state index contributed by atoms with van der Waals surface area (Å²) in [4.78, 5) is 0. The van der Waals surface area contributed by atoms with E-state index >= 15 is 0 Å². The lowest BCUT2D eigenvalue weighted by molar-refractivity contribution is 0.281. The van der Waals surface area contributed by atoms with E-state index in [0.29, 0.717) is 5.92 Å². The van der Waals surface area contributed by atoms with Crippen LogP contribution in [0.25, 0.3) is 0 Å². The molecule has 1 rings (SSSR count). The Morgan fingerprint density at radius 1 is 1.29 bits per heavy atom. The average molecular weight is 300 g/mol. The lowest BCUT2D eigenvalue weighted by Crippen LogP contribution is -2.23. The first-order valence-electron chi connectivity index (χ1n) is 6.31. The molecule has 96 valence electrons. The highest BCUT2D eigenvalue weighted by Crippen LogP contribution is 2.16. The van der Waals surface area contributed by atoms with Crippen LogP contribution in [0.15, 0.2) is 28.7 Å². The van der Waals surface area contributed by atoms with Crippen molar-refractivity contribution in [1.29, 1.82) is 0 Å². The van der Waals surface area contributed by atoms with Crippen molar-refractivity contribution < 1.29 is 4.74 Å². The van der Waals surface area contributed by atoms with Crippen LogP contribution in [0.1, 0.15) is 26.7 Å². The first kappa shape index (κ1) is 14.5. The third kappa shape index (κ3) is 6.69. The summed E-state index contributed by atoms with van der Waals surface area (Å²) in [5.74, 6) is 1.61. The molecule has 1 unspecified atom stereocenters. The molecule has 0 aromatic heterocycles. The zero-order chi connectivity index (χ0) is 12.5. The lowest BCUT2D eigenvalue weighted by Gasteiger charge is -2.13. The molecule has 1 aromatic rings. The fraction of sp³-hybridized carbons (Fsp3) is 0.571. The molecular weight excluding hydrogens is 278 g/mol. The summed E-state index contributed by atoms with van der Waals surface area (Å²) in [6.07, 6.45) is 2.29. The van der Waals surface area contributed by atoms with E-state index in [1.54, 1.807) is 0 Å². The molecule has 0 spiro atoms. The zero-order valence-corrected chi connectivity index (χ0v) is 12.3. The molecule has 0 bridgehead atoms. The van der Waals surface area contributed by atoms with Gasteiger partial charge in [-0.15, -0.1) is 0 Å². The molecule has 0 fully saturated rings. The molecule has 1 N–H and O–H groups in total. The van der Waals surface area contributed by atoms with Crippen LogP contribution in [0.4, 0.5) is 0 Å². The molecule has 0 radical (unpaired) electrons. The normalized spacial score (nSPS) is 12.4. The zero-order valence-electron chi connectivity index (χ0n) is 10.7. The second kappa shape index (κ2) is 8.54. The van der Waals surface area contributed by atoms with Gasteiger partial charge >= 0.3 is 0 Å². The summed E-state index contributed by atoms with van der Waals surface area (Å²) >= 11 is 3.41. The summed E-state index contributed by atoms with van der Waals surface area (Å²) in [7, 11) is 0. The lowest BCUT2D eigenvalue weighted by atomic mass is 10.1. The monoisotopic (exact) mass is 299 g/mol. The highest BCUT2D eigenvalue weighted by atomic mass is 79.9. The first-order valence-corrected chi connectivity index (χ1v) is 7.10. The minimum atomic E-state index is 0.664. The van der Waals surface area contributed by atoms with E-state index in [1.165, 1.54) is 6.42 Å². The van der Waals surface area contributed by atoms with Crippen molar-refractivity contribution in [2.24, 2.45) is 5.92 Å². The van der Waals surface area contributed by atoms with E-state index in [9.17, 15) is 0 Å². The van der Waals surface area contributed by atoms with Crippen molar-refractivity contribution in [1.82, 2.24) is 5.32 Å². The van der Waals surface area contributed by atoms with E-state index in [1.807, 2.05) is 24.3 Å². The van der Waals surface area contributed by atoms with Gasteiger partial charge < -0.3 is 10.1 Å². The maximum absolute atomic E-state index is 5.69. The SMILES string of the molecule is CCCNCC(C)CCOc1ccc(Br)cc1. The molecule has 0 saturated heterocycles. The Balaban J connectivity index is 2.12. The standard InChI is InChI=1S/C14H22BrNO/c1-3-9-16-11-12(2)8-10-17-14-6-4-13(15)5-7-14/h4-7,12,16H,3,8-11H2,1-2H3. The van der Waals surface area contributed by atoms with Crippen LogP contribution in [-0.2, 0) is 0 Å². The van der Waals surface area contributed by atoms with Gasteiger partial charge in [0.1, 0.15) is 5.75 Å². The van der Waals surface area contributed by atoms with Crippen molar-refractivity contribution in [3.63, 3.8) is 0 Å². The van der Waals surface area contributed by atoms with Crippen LogP contribution < -0.4 is 10.1 Å². The van der Waals surface area contributed by atoms with Gasteiger partial charge in [0.25, 0.3) is 0 Å². The second-order valence-corrected chi connectivity index (χ2v) is 5.32.